The van der Waals surface area contributed by atoms with E-state index in [0.29, 0.717) is 24.3 Å². The van der Waals surface area contributed by atoms with Crippen LogP contribution in [0.2, 0.25) is 0 Å². The highest BCUT2D eigenvalue weighted by atomic mass is 19.1. The zero-order valence-electron chi connectivity index (χ0n) is 21.9. The number of benzene rings is 1. The van der Waals surface area contributed by atoms with Crippen LogP contribution in [0.3, 0.4) is 0 Å². The predicted molar refractivity (Wildman–Crippen MR) is 140 cm³/mol. The quantitative estimate of drug-likeness (QED) is 0.347. The molecule has 3 atom stereocenters. The summed E-state index contributed by atoms with van der Waals surface area (Å²) in [5.74, 6) is -4.01. The number of Topliss-reactive ketones (excluding diaryl/α,β-unsaturated/α-hetero) is 1. The summed E-state index contributed by atoms with van der Waals surface area (Å²) in [5, 5.41) is 10.2. The van der Waals surface area contributed by atoms with Crippen LogP contribution < -0.4 is 10.6 Å². The van der Waals surface area contributed by atoms with Crippen LogP contribution in [0.15, 0.2) is 42.7 Å². The highest BCUT2D eigenvalue weighted by Crippen LogP contribution is 2.39. The van der Waals surface area contributed by atoms with Crippen molar-refractivity contribution in [3.8, 4) is 11.3 Å². The molecule has 11 heteroatoms. The fourth-order valence-electron chi connectivity index (χ4n) is 5.45. The summed E-state index contributed by atoms with van der Waals surface area (Å²) in [6, 6.07) is 5.04. The van der Waals surface area contributed by atoms with Gasteiger partial charge in [-0.05, 0) is 35.9 Å². The number of halogens is 4. The maximum atomic E-state index is 15.3. The molecule has 2 aliphatic heterocycles. The number of carbonyl (C=O) groups is 1. The van der Waals surface area contributed by atoms with Gasteiger partial charge in [0.05, 0.1) is 11.7 Å². The number of piperidine rings is 1. The number of nitrogens with two attached hydrogens (primary N) is 1. The van der Waals surface area contributed by atoms with Gasteiger partial charge in [-0.25, -0.2) is 22.5 Å². The van der Waals surface area contributed by atoms with Gasteiger partial charge < -0.3 is 20.5 Å². The fourth-order valence-corrected chi connectivity index (χ4v) is 5.45. The van der Waals surface area contributed by atoms with E-state index in [2.05, 4.69) is 9.97 Å². The molecule has 3 N–H and O–H groups in total. The molecule has 0 spiro atoms. The van der Waals surface area contributed by atoms with Gasteiger partial charge in [-0.15, -0.1) is 0 Å². The number of rotatable bonds is 6. The summed E-state index contributed by atoms with van der Waals surface area (Å²) >= 11 is 0. The molecule has 2 fully saturated rings. The Kier molecular flexibility index (Phi) is 7.89. The molecule has 7 nitrogen and oxygen atoms in total. The average Bonchev–Trinajstić information content (AvgIpc) is 2.92. The molecule has 1 aromatic carbocycles. The minimum absolute atomic E-state index is 0.0545. The average molecular weight is 559 g/mol. The van der Waals surface area contributed by atoms with E-state index in [1.807, 2.05) is 11.8 Å². The van der Waals surface area contributed by atoms with Crippen LogP contribution in [0.4, 0.5) is 23.2 Å². The number of ether oxygens (including phenoxy) is 1. The lowest BCUT2D eigenvalue weighted by Crippen LogP contribution is -2.55. The number of hydrogen-bond acceptors (Lipinski definition) is 7. The minimum Gasteiger partial charge on any atom is -0.391 e. The monoisotopic (exact) mass is 558 g/mol. The van der Waals surface area contributed by atoms with Gasteiger partial charge in [0.1, 0.15) is 34.5 Å². The first-order valence-corrected chi connectivity index (χ1v) is 13.1. The van der Waals surface area contributed by atoms with Crippen molar-refractivity contribution in [3.05, 3.63) is 77.0 Å². The van der Waals surface area contributed by atoms with Crippen molar-refractivity contribution in [3.63, 3.8) is 0 Å². The first-order valence-electron chi connectivity index (χ1n) is 13.1. The molecule has 0 unspecified atom stereocenters. The van der Waals surface area contributed by atoms with Gasteiger partial charge in [-0.2, -0.15) is 0 Å². The van der Waals surface area contributed by atoms with Crippen molar-refractivity contribution in [1.29, 1.82) is 0 Å². The molecular formula is C29H30F4N4O3. The zero-order valence-corrected chi connectivity index (χ0v) is 21.9. The van der Waals surface area contributed by atoms with E-state index in [0.717, 1.165) is 24.3 Å². The van der Waals surface area contributed by atoms with Crippen LogP contribution in [0.1, 0.15) is 41.4 Å². The summed E-state index contributed by atoms with van der Waals surface area (Å²) in [7, 11) is 0. The number of pyridine rings is 2. The first kappa shape index (κ1) is 28.1. The smallest absolute Gasteiger partial charge is 0.185 e. The van der Waals surface area contributed by atoms with Crippen LogP contribution >= 0.6 is 0 Å². The second kappa shape index (κ2) is 11.2. The summed E-state index contributed by atoms with van der Waals surface area (Å²) in [5.41, 5.74) is 3.57. The molecule has 0 bridgehead atoms. The third kappa shape index (κ3) is 5.45. The van der Waals surface area contributed by atoms with Gasteiger partial charge in [0.15, 0.2) is 5.78 Å². The maximum Gasteiger partial charge on any atom is 0.185 e. The third-order valence-corrected chi connectivity index (χ3v) is 7.74. The van der Waals surface area contributed by atoms with E-state index >= 15 is 13.2 Å². The highest BCUT2D eigenvalue weighted by Gasteiger charge is 2.36. The Labute approximate surface area is 229 Å². The Morgan fingerprint density at radius 2 is 1.82 bits per heavy atom. The summed E-state index contributed by atoms with van der Waals surface area (Å²) < 4.78 is 65.6. The van der Waals surface area contributed by atoms with E-state index in [-0.39, 0.29) is 49.7 Å². The van der Waals surface area contributed by atoms with Gasteiger partial charge in [0.25, 0.3) is 0 Å². The molecule has 212 valence electrons. The largest absolute Gasteiger partial charge is 0.391 e. The number of carbonyl (C=O) groups excluding carboxylic acids is 1. The van der Waals surface area contributed by atoms with Gasteiger partial charge in [0.2, 0.25) is 0 Å². The molecule has 4 heterocycles. The second-order valence-electron chi connectivity index (χ2n) is 10.6. The normalized spacial score (nSPS) is 22.8. The number of anilines is 1. The lowest BCUT2D eigenvalue weighted by Gasteiger charge is -2.40. The molecule has 2 aliphatic rings. The molecule has 0 radical (unpaired) electrons. The SMILES string of the molecule is C[C@H]1CN(c2ccncc2CC(=O)c2ccc(F)c(-c3c(F)cc(C4(F)CCOCC4)cc3F)n2)C[C@@H](N)[C@@H]1O. The molecule has 0 saturated carbocycles. The summed E-state index contributed by atoms with van der Waals surface area (Å²) in [6.07, 6.45) is 2.19. The number of nitrogens with zero attached hydrogens (tertiary/aromatic N) is 3. The summed E-state index contributed by atoms with van der Waals surface area (Å²) in [4.78, 5) is 23.3. The third-order valence-electron chi connectivity index (χ3n) is 7.74. The lowest BCUT2D eigenvalue weighted by atomic mass is 9.87. The maximum absolute atomic E-state index is 15.3. The lowest BCUT2D eigenvalue weighted by molar-refractivity contribution is -0.0117. The summed E-state index contributed by atoms with van der Waals surface area (Å²) in [6.45, 7) is 3.00. The Morgan fingerprint density at radius 1 is 1.12 bits per heavy atom. The van der Waals surface area contributed by atoms with Gasteiger partial charge >= 0.3 is 0 Å². The number of aromatic nitrogens is 2. The molecule has 2 saturated heterocycles. The van der Waals surface area contributed by atoms with E-state index in [1.165, 1.54) is 6.20 Å². The van der Waals surface area contributed by atoms with Crippen LogP contribution in [-0.2, 0) is 16.8 Å². The van der Waals surface area contributed by atoms with Gasteiger partial charge in [-0.1, -0.05) is 6.92 Å². The number of alkyl halides is 1. The standard InChI is InChI=1S/C29H30F4N4O3/c1-16-14-37(15-22(34)28(16)39)24-4-7-35-13-17(24)10-25(38)23-3-2-19(30)27(36-23)26-20(31)11-18(12-21(26)32)29(33)5-8-40-9-6-29/h2-4,7,11-13,16,22,28,39H,5-6,8-10,14-15,34H2,1H3/t16-,22+,28+/m0/s1. The highest BCUT2D eigenvalue weighted by molar-refractivity contribution is 5.97. The fraction of sp³-hybridized carbons (Fsp3) is 0.414. The molecular weight excluding hydrogens is 528 g/mol. The molecule has 0 amide bonds. The Morgan fingerprint density at radius 3 is 2.50 bits per heavy atom. The van der Waals surface area contributed by atoms with Crippen LogP contribution in [0.25, 0.3) is 11.3 Å². The van der Waals surface area contributed by atoms with Crippen molar-refractivity contribution in [2.24, 2.45) is 11.7 Å². The van der Waals surface area contributed by atoms with Crippen molar-refractivity contribution < 1.29 is 32.2 Å². The second-order valence-corrected chi connectivity index (χ2v) is 10.6. The molecule has 2 aromatic heterocycles. The van der Waals surface area contributed by atoms with Crippen molar-refractivity contribution in [2.75, 3.05) is 31.2 Å². The number of aliphatic hydroxyl groups is 1. The predicted octanol–water partition coefficient (Wildman–Crippen LogP) is 4.11. The van der Waals surface area contributed by atoms with Crippen LogP contribution in [0.5, 0.6) is 0 Å². The minimum atomic E-state index is -1.96. The van der Waals surface area contributed by atoms with Crippen molar-refractivity contribution in [1.82, 2.24) is 9.97 Å². The van der Waals surface area contributed by atoms with Crippen molar-refractivity contribution >= 4 is 11.5 Å². The molecule has 0 aliphatic carbocycles. The van der Waals surface area contributed by atoms with E-state index in [1.54, 1.807) is 12.3 Å². The Hall–Kier alpha value is -3.41. The first-order chi connectivity index (χ1) is 19.1. The van der Waals surface area contributed by atoms with Crippen LogP contribution in [-0.4, -0.2) is 59.3 Å². The van der Waals surface area contributed by atoms with E-state index < -0.39 is 52.3 Å². The Bertz CT molecular complexity index is 1380. The number of hydrogen-bond donors (Lipinski definition) is 2. The van der Waals surface area contributed by atoms with Gasteiger partial charge in [-0.3, -0.25) is 9.78 Å². The van der Waals surface area contributed by atoms with E-state index in [4.69, 9.17) is 10.5 Å². The zero-order chi connectivity index (χ0) is 28.6. The van der Waals surface area contributed by atoms with E-state index in [9.17, 15) is 14.3 Å². The molecule has 5 rings (SSSR count). The molecule has 3 aromatic rings. The number of ketones is 1. The van der Waals surface area contributed by atoms with Crippen molar-refractivity contribution in [2.45, 2.75) is 44.0 Å². The number of aliphatic hydroxyl groups excluding tert-OH is 1. The van der Waals surface area contributed by atoms with Gasteiger partial charge in [0, 0.05) is 81.2 Å². The molecule has 40 heavy (non-hydrogen) atoms. The topological polar surface area (TPSA) is 102 Å². The Balaban J connectivity index is 1.42. The van der Waals surface area contributed by atoms with Crippen LogP contribution in [0, 0.1) is 23.4 Å².